The number of carbonyl (C=O) groups is 3. The normalized spacial score (nSPS) is 18.2. The number of likely N-dealkylation sites (N-methyl/N-ethyl adjacent to an activating group) is 1. The highest BCUT2D eigenvalue weighted by Crippen LogP contribution is 2.22. The summed E-state index contributed by atoms with van der Waals surface area (Å²) >= 11 is 0. The Labute approximate surface area is 121 Å². The molecule has 1 saturated heterocycles. The second-order valence-corrected chi connectivity index (χ2v) is 4.75. The second-order valence-electron chi connectivity index (χ2n) is 4.75. The fourth-order valence-corrected chi connectivity index (χ4v) is 2.07. The molecule has 110 valence electrons. The zero-order valence-electron chi connectivity index (χ0n) is 11.4. The van der Waals surface area contributed by atoms with Crippen LogP contribution in [0, 0.1) is 0 Å². The Morgan fingerprint density at radius 2 is 1.71 bits per heavy atom. The van der Waals surface area contributed by atoms with Gasteiger partial charge in [0.15, 0.2) is 0 Å². The fourth-order valence-electron chi connectivity index (χ4n) is 2.07. The van der Waals surface area contributed by atoms with E-state index in [1.165, 1.54) is 4.90 Å². The van der Waals surface area contributed by atoms with Crippen molar-refractivity contribution in [3.05, 3.63) is 35.9 Å². The molecule has 0 aromatic heterocycles. The number of nitrogens with zero attached hydrogens (tertiary/aromatic N) is 1. The summed E-state index contributed by atoms with van der Waals surface area (Å²) in [5.41, 5.74) is 0.393. The van der Waals surface area contributed by atoms with Gasteiger partial charge in [-0.25, -0.2) is 0 Å². The number of aliphatic carboxylic acids is 1. The summed E-state index contributed by atoms with van der Waals surface area (Å²) in [6, 6.07) is 8.20. The van der Waals surface area contributed by atoms with Gasteiger partial charge in [-0.05, 0) is 12.6 Å². The molecular weight excluding hydrogens is 277 g/mol. The van der Waals surface area contributed by atoms with Gasteiger partial charge in [-0.3, -0.25) is 19.3 Å². The quantitative estimate of drug-likeness (QED) is 0.778. The van der Waals surface area contributed by atoms with Crippen LogP contribution in [0.3, 0.4) is 0 Å². The average Bonchev–Trinajstić information content (AvgIpc) is 2.37. The number of carbonyl (C=O) groups excluding carboxylic acids is 2. The van der Waals surface area contributed by atoms with Crippen LogP contribution in [0.5, 0.6) is 0 Å². The van der Waals surface area contributed by atoms with Crippen LogP contribution < -0.4 is 0 Å². The third kappa shape index (κ3) is 3.82. The number of hydrogen-bond donors (Lipinski definition) is 1. The Balaban J connectivity index is 2.28. The van der Waals surface area contributed by atoms with Crippen LogP contribution in [0.25, 0.3) is 0 Å². The van der Waals surface area contributed by atoms with Crippen molar-refractivity contribution in [2.45, 2.75) is 5.82 Å². The molecule has 7 nitrogen and oxygen atoms in total. The van der Waals surface area contributed by atoms with Gasteiger partial charge in [-0.15, -0.1) is 0 Å². The third-order valence-electron chi connectivity index (χ3n) is 2.99. The maximum absolute atomic E-state index is 11.7. The summed E-state index contributed by atoms with van der Waals surface area (Å²) in [6.45, 7) is -0.209. The van der Waals surface area contributed by atoms with E-state index < -0.39 is 30.8 Å². The monoisotopic (exact) mass is 291 g/mol. The summed E-state index contributed by atoms with van der Waals surface area (Å²) in [5, 5.41) is 9.37. The van der Waals surface area contributed by atoms with E-state index in [9.17, 15) is 19.5 Å². The molecule has 0 bridgehead atoms. The summed E-state index contributed by atoms with van der Waals surface area (Å²) in [5.74, 6) is -3.78. The first-order valence-electron chi connectivity index (χ1n) is 6.32. The van der Waals surface area contributed by atoms with Crippen molar-refractivity contribution in [3.8, 4) is 0 Å². The number of rotatable bonds is 3. The number of carboxylic acids is 1. The molecule has 1 atom stereocenters. The van der Waals surface area contributed by atoms with E-state index in [2.05, 4.69) is 0 Å². The molecule has 1 unspecified atom stereocenters. The first-order chi connectivity index (χ1) is 9.97. The smallest absolute Gasteiger partial charge is 0.497 e. The lowest BCUT2D eigenvalue weighted by atomic mass is 9.67. The minimum atomic E-state index is -1.47. The molecule has 21 heavy (non-hydrogen) atoms. The van der Waals surface area contributed by atoms with Crippen LogP contribution in [-0.4, -0.2) is 55.2 Å². The SMILES string of the molecule is CN1CC(=O)OB(C(C(=O)O)c2ccccc2)OC(=O)C1. The van der Waals surface area contributed by atoms with Crippen molar-refractivity contribution in [3.63, 3.8) is 0 Å². The van der Waals surface area contributed by atoms with Crippen molar-refractivity contribution < 1.29 is 28.8 Å². The largest absolute Gasteiger partial charge is 0.618 e. The number of carboxylic acid groups (broad SMARTS) is 1. The van der Waals surface area contributed by atoms with E-state index in [4.69, 9.17) is 9.31 Å². The van der Waals surface area contributed by atoms with Crippen LogP contribution in [-0.2, 0) is 23.7 Å². The molecule has 0 saturated carbocycles. The van der Waals surface area contributed by atoms with Gasteiger partial charge in [0.2, 0.25) is 0 Å². The van der Waals surface area contributed by atoms with Crippen LogP contribution >= 0.6 is 0 Å². The highest BCUT2D eigenvalue weighted by atomic mass is 16.6. The Morgan fingerprint density at radius 3 is 2.19 bits per heavy atom. The summed E-state index contributed by atoms with van der Waals surface area (Å²) in [4.78, 5) is 36.3. The zero-order valence-corrected chi connectivity index (χ0v) is 11.4. The molecule has 0 spiro atoms. The van der Waals surface area contributed by atoms with Crippen LogP contribution in [0.15, 0.2) is 30.3 Å². The molecule has 1 aliphatic rings. The molecule has 1 aromatic rings. The van der Waals surface area contributed by atoms with Crippen molar-refractivity contribution in [2.75, 3.05) is 20.1 Å². The molecular formula is C13H14BNO6. The highest BCUT2D eigenvalue weighted by molar-refractivity contribution is 6.55. The van der Waals surface area contributed by atoms with Gasteiger partial charge in [-0.1, -0.05) is 30.3 Å². The fraction of sp³-hybridized carbons (Fsp3) is 0.308. The number of hydrogen-bond acceptors (Lipinski definition) is 6. The van der Waals surface area contributed by atoms with Crippen molar-refractivity contribution in [1.29, 1.82) is 0 Å². The van der Waals surface area contributed by atoms with Crippen molar-refractivity contribution in [2.24, 2.45) is 0 Å². The first kappa shape index (κ1) is 15.1. The molecule has 1 aromatic carbocycles. The molecule has 8 heteroatoms. The Morgan fingerprint density at radius 1 is 1.19 bits per heavy atom. The van der Waals surface area contributed by atoms with Crippen molar-refractivity contribution >= 4 is 25.0 Å². The number of benzene rings is 1. The van der Waals surface area contributed by atoms with Gasteiger partial charge in [0, 0.05) is 0 Å². The molecule has 1 fully saturated rings. The molecule has 2 rings (SSSR count). The Bertz CT molecular complexity index is 529. The predicted octanol–water partition coefficient (Wildman–Crippen LogP) is -0.0860. The van der Waals surface area contributed by atoms with E-state index in [0.717, 1.165) is 0 Å². The summed E-state index contributed by atoms with van der Waals surface area (Å²) in [6.07, 6.45) is 0. The first-order valence-corrected chi connectivity index (χ1v) is 6.32. The van der Waals surface area contributed by atoms with Crippen LogP contribution in [0.1, 0.15) is 11.4 Å². The van der Waals surface area contributed by atoms with E-state index >= 15 is 0 Å². The minimum Gasteiger partial charge on any atom is -0.497 e. The van der Waals surface area contributed by atoms with Gasteiger partial charge in [0.1, 0.15) is 5.82 Å². The van der Waals surface area contributed by atoms with Gasteiger partial charge in [-0.2, -0.15) is 0 Å². The maximum atomic E-state index is 11.7. The molecule has 1 heterocycles. The van der Waals surface area contributed by atoms with E-state index in [1.807, 2.05) is 0 Å². The predicted molar refractivity (Wildman–Crippen MR) is 72.3 cm³/mol. The van der Waals surface area contributed by atoms with Gasteiger partial charge in [0.05, 0.1) is 13.1 Å². The Hall–Kier alpha value is -2.35. The lowest BCUT2D eigenvalue weighted by molar-refractivity contribution is -0.146. The topological polar surface area (TPSA) is 93.1 Å². The highest BCUT2D eigenvalue weighted by Gasteiger charge is 2.45. The molecule has 0 aliphatic carbocycles. The Kier molecular flexibility index (Phi) is 4.59. The summed E-state index contributed by atoms with van der Waals surface area (Å²) < 4.78 is 10.0. The van der Waals surface area contributed by atoms with E-state index in [0.29, 0.717) is 5.56 Å². The lowest BCUT2D eigenvalue weighted by Gasteiger charge is -2.25. The average molecular weight is 291 g/mol. The van der Waals surface area contributed by atoms with E-state index in [-0.39, 0.29) is 13.1 Å². The van der Waals surface area contributed by atoms with Gasteiger partial charge >= 0.3 is 25.0 Å². The summed E-state index contributed by atoms with van der Waals surface area (Å²) in [7, 11) is 0.0907. The molecule has 1 aliphatic heterocycles. The maximum Gasteiger partial charge on any atom is 0.618 e. The molecule has 0 amide bonds. The lowest BCUT2D eigenvalue weighted by Crippen LogP contribution is -2.46. The van der Waals surface area contributed by atoms with Crippen molar-refractivity contribution in [1.82, 2.24) is 4.90 Å². The van der Waals surface area contributed by atoms with E-state index in [1.54, 1.807) is 37.4 Å². The molecule has 0 radical (unpaired) electrons. The van der Waals surface area contributed by atoms with Crippen LogP contribution in [0.4, 0.5) is 0 Å². The second kappa shape index (κ2) is 6.40. The van der Waals surface area contributed by atoms with Crippen LogP contribution in [0.2, 0.25) is 0 Å². The standard InChI is InChI=1S/C13H14BNO6/c1-15-7-10(16)20-14(21-11(17)8-15)12(13(18)19)9-5-3-2-4-6-9/h2-6,12H,7-8H2,1H3,(H,18,19). The van der Waals surface area contributed by atoms with Gasteiger partial charge < -0.3 is 14.4 Å². The third-order valence-corrected chi connectivity index (χ3v) is 2.99. The van der Waals surface area contributed by atoms with Gasteiger partial charge in [0.25, 0.3) is 0 Å². The molecule has 1 N–H and O–H groups in total. The minimum absolute atomic E-state index is 0.104. The zero-order chi connectivity index (χ0) is 15.4.